The molecular weight excluding hydrogens is 540 g/mol. The molecule has 1 saturated heterocycles. The largest absolute Gasteiger partial charge is 0.389 e. The molecule has 0 spiro atoms. The van der Waals surface area contributed by atoms with Crippen LogP contribution in [0.2, 0.25) is 0 Å². The van der Waals surface area contributed by atoms with Crippen molar-refractivity contribution in [3.63, 3.8) is 0 Å². The van der Waals surface area contributed by atoms with E-state index in [1.807, 2.05) is 67.6 Å². The number of benzene rings is 2. The molecule has 4 rings (SSSR count). The van der Waals surface area contributed by atoms with Gasteiger partial charge in [0.25, 0.3) is 0 Å². The number of likely N-dealkylation sites (tertiary alicyclic amines) is 1. The van der Waals surface area contributed by atoms with Gasteiger partial charge in [-0.1, -0.05) is 60.7 Å². The highest BCUT2D eigenvalue weighted by Gasteiger charge is 2.43. The molecule has 0 radical (unpaired) electrons. The summed E-state index contributed by atoms with van der Waals surface area (Å²) in [5.74, 6) is -1.23. The average molecular weight is 577 g/mol. The minimum atomic E-state index is -0.872. The molecule has 9 nitrogen and oxygen atoms in total. The van der Waals surface area contributed by atoms with Crippen molar-refractivity contribution < 1.29 is 24.3 Å². The Morgan fingerprint density at radius 2 is 1.73 bits per heavy atom. The van der Waals surface area contributed by atoms with Gasteiger partial charge in [-0.3, -0.25) is 19.2 Å². The van der Waals surface area contributed by atoms with Gasteiger partial charge in [-0.2, -0.15) is 0 Å². The number of rotatable bonds is 13. The van der Waals surface area contributed by atoms with Crippen LogP contribution in [0.5, 0.6) is 0 Å². The van der Waals surface area contributed by atoms with Gasteiger partial charge < -0.3 is 20.6 Å². The predicted octanol–water partition coefficient (Wildman–Crippen LogP) is 2.60. The number of aryl methyl sites for hydroxylation is 1. The van der Waals surface area contributed by atoms with Crippen LogP contribution in [0.25, 0.3) is 0 Å². The molecule has 2 aromatic carbocycles. The maximum Gasteiger partial charge on any atom is 0.246 e. The molecule has 1 aromatic heterocycles. The number of amides is 3. The number of carbonyl (C=O) groups is 4. The highest BCUT2D eigenvalue weighted by Crippen LogP contribution is 2.25. The maximum absolute atomic E-state index is 13.5. The van der Waals surface area contributed by atoms with Gasteiger partial charge in [-0.05, 0) is 50.7 Å². The van der Waals surface area contributed by atoms with E-state index in [1.54, 1.807) is 10.3 Å². The van der Waals surface area contributed by atoms with Crippen LogP contribution in [0.15, 0.2) is 66.0 Å². The standard InChI is InChI=1S/C31H36N4O5S/c1-20-15-26(31(40)35(20)27(21(2)37)16-23-11-7-4-8-12-23)34-30(39)25(14-13-22-9-5-3-6-10-22)33-28(38)17-24-19-41-29(18-36)32-24/h3-12,19-20,25-27,36H,13-18H2,1-2H3,(H,33,38)(H,34,39)/t20?,25-,26-,27-/m0/s1. The molecule has 0 aliphatic carbocycles. The second kappa shape index (κ2) is 14.1. The maximum atomic E-state index is 13.5. The monoisotopic (exact) mass is 576 g/mol. The van der Waals surface area contributed by atoms with Gasteiger partial charge in [0, 0.05) is 11.4 Å². The van der Waals surface area contributed by atoms with E-state index in [9.17, 15) is 24.3 Å². The topological polar surface area (TPSA) is 129 Å². The number of ketones is 1. The molecule has 1 aliphatic heterocycles. The average Bonchev–Trinajstić information content (AvgIpc) is 3.53. The van der Waals surface area contributed by atoms with E-state index in [2.05, 4.69) is 15.6 Å². The number of carbonyl (C=O) groups excluding carboxylic acids is 4. The van der Waals surface area contributed by atoms with Gasteiger partial charge in [0.05, 0.1) is 24.8 Å². The quantitative estimate of drug-likeness (QED) is 0.287. The molecule has 2 heterocycles. The van der Waals surface area contributed by atoms with Crippen molar-refractivity contribution in [3.05, 3.63) is 87.9 Å². The zero-order valence-corrected chi connectivity index (χ0v) is 24.1. The fourth-order valence-corrected chi connectivity index (χ4v) is 5.87. The summed E-state index contributed by atoms with van der Waals surface area (Å²) in [6.45, 7) is 3.17. The van der Waals surface area contributed by atoms with Crippen LogP contribution in [0.4, 0.5) is 0 Å². The normalized spacial score (nSPS) is 18.1. The molecule has 216 valence electrons. The number of hydrogen-bond acceptors (Lipinski definition) is 7. The number of nitrogens with zero attached hydrogens (tertiary/aromatic N) is 2. The Balaban J connectivity index is 1.45. The first kappa shape index (κ1) is 30.1. The van der Waals surface area contributed by atoms with E-state index in [0.717, 1.165) is 11.1 Å². The van der Waals surface area contributed by atoms with Crippen LogP contribution < -0.4 is 10.6 Å². The molecular formula is C31H36N4O5S. The summed E-state index contributed by atoms with van der Waals surface area (Å²) >= 11 is 1.26. The number of nitrogens with one attached hydrogen (secondary N) is 2. The predicted molar refractivity (Wildman–Crippen MR) is 156 cm³/mol. The van der Waals surface area contributed by atoms with Crippen LogP contribution in [0.3, 0.4) is 0 Å². The first-order chi connectivity index (χ1) is 19.7. The fraction of sp³-hybridized carbons (Fsp3) is 0.387. The van der Waals surface area contributed by atoms with Crippen LogP contribution >= 0.6 is 11.3 Å². The van der Waals surface area contributed by atoms with E-state index in [4.69, 9.17) is 0 Å². The molecule has 3 N–H and O–H groups in total. The van der Waals surface area contributed by atoms with Gasteiger partial charge in [0.1, 0.15) is 17.1 Å². The number of Topliss-reactive ketones (excluding diaryl/α,β-unsaturated/α-hetero) is 1. The number of aliphatic hydroxyl groups excluding tert-OH is 1. The summed E-state index contributed by atoms with van der Waals surface area (Å²) in [4.78, 5) is 58.3. The molecule has 0 bridgehead atoms. The first-order valence-corrected chi connectivity index (χ1v) is 14.7. The van der Waals surface area contributed by atoms with Gasteiger partial charge in [0.2, 0.25) is 17.7 Å². The third-order valence-corrected chi connectivity index (χ3v) is 8.17. The van der Waals surface area contributed by atoms with E-state index >= 15 is 0 Å². The van der Waals surface area contributed by atoms with Crippen molar-refractivity contribution in [2.75, 3.05) is 0 Å². The van der Waals surface area contributed by atoms with Crippen molar-refractivity contribution in [3.8, 4) is 0 Å². The molecule has 3 amide bonds. The molecule has 0 saturated carbocycles. The molecule has 1 unspecified atom stereocenters. The fourth-order valence-electron chi connectivity index (χ4n) is 5.22. The van der Waals surface area contributed by atoms with Crippen molar-refractivity contribution in [1.82, 2.24) is 20.5 Å². The van der Waals surface area contributed by atoms with Crippen LogP contribution in [-0.4, -0.2) is 62.7 Å². The first-order valence-electron chi connectivity index (χ1n) is 13.8. The highest BCUT2D eigenvalue weighted by atomic mass is 32.1. The lowest BCUT2D eigenvalue weighted by Gasteiger charge is -2.30. The summed E-state index contributed by atoms with van der Waals surface area (Å²) in [5, 5.41) is 17.2. The Labute approximate surface area is 244 Å². The lowest BCUT2D eigenvalue weighted by atomic mass is 10.0. The zero-order valence-electron chi connectivity index (χ0n) is 23.3. The van der Waals surface area contributed by atoms with Crippen molar-refractivity contribution in [1.29, 1.82) is 0 Å². The van der Waals surface area contributed by atoms with E-state index in [1.165, 1.54) is 18.3 Å². The summed E-state index contributed by atoms with van der Waals surface area (Å²) in [7, 11) is 0. The number of aliphatic hydroxyl groups is 1. The summed E-state index contributed by atoms with van der Waals surface area (Å²) in [6, 6.07) is 16.7. The number of thiazole rings is 1. The Kier molecular flexibility index (Phi) is 10.4. The lowest BCUT2D eigenvalue weighted by molar-refractivity contribution is -0.139. The van der Waals surface area contributed by atoms with Gasteiger partial charge >= 0.3 is 0 Å². The van der Waals surface area contributed by atoms with Crippen molar-refractivity contribution >= 4 is 34.8 Å². The van der Waals surface area contributed by atoms with Crippen LogP contribution in [0, 0.1) is 0 Å². The smallest absolute Gasteiger partial charge is 0.246 e. The third-order valence-electron chi connectivity index (χ3n) is 7.29. The Morgan fingerprint density at radius 3 is 2.34 bits per heavy atom. The number of aromatic nitrogens is 1. The van der Waals surface area contributed by atoms with Gasteiger partial charge in [0.15, 0.2) is 5.78 Å². The summed E-state index contributed by atoms with van der Waals surface area (Å²) in [5.41, 5.74) is 2.49. The Morgan fingerprint density at radius 1 is 1.07 bits per heavy atom. The second-order valence-electron chi connectivity index (χ2n) is 10.4. The van der Waals surface area contributed by atoms with Crippen LogP contribution in [0.1, 0.15) is 48.5 Å². The Hall–Kier alpha value is -3.89. The Bertz CT molecular complexity index is 1350. The molecule has 4 atom stereocenters. The minimum Gasteiger partial charge on any atom is -0.389 e. The van der Waals surface area contributed by atoms with Crippen molar-refractivity contribution in [2.24, 2.45) is 0 Å². The molecule has 1 aliphatic rings. The zero-order chi connectivity index (χ0) is 29.4. The van der Waals surface area contributed by atoms with Crippen LogP contribution in [-0.2, 0) is 45.0 Å². The molecule has 41 heavy (non-hydrogen) atoms. The molecule has 1 fully saturated rings. The summed E-state index contributed by atoms with van der Waals surface area (Å²) in [6.07, 6.45) is 1.63. The van der Waals surface area contributed by atoms with E-state index in [0.29, 0.717) is 36.4 Å². The highest BCUT2D eigenvalue weighted by molar-refractivity contribution is 7.09. The minimum absolute atomic E-state index is 0.0292. The van der Waals surface area contributed by atoms with Gasteiger partial charge in [-0.25, -0.2) is 4.98 Å². The van der Waals surface area contributed by atoms with E-state index in [-0.39, 0.29) is 36.7 Å². The summed E-state index contributed by atoms with van der Waals surface area (Å²) < 4.78 is 0. The molecule has 10 heteroatoms. The molecule has 3 aromatic rings. The number of hydrogen-bond donors (Lipinski definition) is 3. The second-order valence-corrected chi connectivity index (χ2v) is 11.4. The van der Waals surface area contributed by atoms with Crippen molar-refractivity contribution in [2.45, 2.75) is 76.7 Å². The van der Waals surface area contributed by atoms with Gasteiger partial charge in [-0.15, -0.1) is 11.3 Å². The van der Waals surface area contributed by atoms with E-state index < -0.39 is 24.0 Å². The third kappa shape index (κ3) is 8.08. The lowest BCUT2D eigenvalue weighted by Crippen LogP contribution is -2.53. The SMILES string of the molecule is CC(=O)[C@H](Cc1ccccc1)N1C(=O)[C@@H](NC(=O)[C@H](CCc2ccccc2)NC(=O)Cc2csc(CO)n2)CC1C.